The highest BCUT2D eigenvalue weighted by atomic mass is 35.5. The Hall–Kier alpha value is -2.07. The van der Waals surface area contributed by atoms with Crippen molar-refractivity contribution >= 4 is 28.4 Å². The van der Waals surface area contributed by atoms with E-state index in [-0.39, 0.29) is 18.0 Å². The number of aryl methyl sites for hydroxylation is 2. The molecule has 1 saturated heterocycles. The average molecular weight is 473 g/mol. The number of carbonyl (C=O) groups is 1. The van der Waals surface area contributed by atoms with Crippen LogP contribution in [0.2, 0.25) is 5.02 Å². The Morgan fingerprint density at radius 3 is 2.85 bits per heavy atom. The molecule has 2 heterocycles. The number of fused-ring (bicyclic) bond motifs is 1. The van der Waals surface area contributed by atoms with Crippen molar-refractivity contribution in [2.24, 2.45) is 0 Å². The van der Waals surface area contributed by atoms with Crippen LogP contribution in [-0.2, 0) is 17.7 Å². The fourth-order valence-corrected chi connectivity index (χ4v) is 5.30. The molecular formula is C26H37ClN4O2. The van der Waals surface area contributed by atoms with Gasteiger partial charge in [-0.25, -0.2) is 0 Å². The number of nitriles is 1. The number of nitrogens with zero attached hydrogens (tertiary/aromatic N) is 3. The third kappa shape index (κ3) is 5.90. The molecule has 1 N–H and O–H groups in total. The van der Waals surface area contributed by atoms with Gasteiger partial charge >= 0.3 is 0 Å². The number of carbonyl (C=O) groups excluding carboxylic acids is 1. The van der Waals surface area contributed by atoms with Crippen LogP contribution in [0.5, 0.6) is 0 Å². The van der Waals surface area contributed by atoms with Crippen LogP contribution in [-0.4, -0.2) is 54.3 Å². The topological polar surface area (TPSA) is 70.3 Å². The third-order valence-corrected chi connectivity index (χ3v) is 6.86. The summed E-state index contributed by atoms with van der Waals surface area (Å²) in [6.07, 6.45) is 5.97. The molecule has 1 atom stereocenters. The summed E-state index contributed by atoms with van der Waals surface area (Å²) < 4.78 is 7.38. The summed E-state index contributed by atoms with van der Waals surface area (Å²) in [5.41, 5.74) is 2.77. The van der Waals surface area contributed by atoms with E-state index in [1.54, 1.807) is 7.11 Å². The first-order chi connectivity index (χ1) is 16.0. The van der Waals surface area contributed by atoms with Crippen LogP contribution in [0, 0.1) is 11.3 Å². The summed E-state index contributed by atoms with van der Waals surface area (Å²) in [4.78, 5) is 16.1. The lowest BCUT2D eigenvalue weighted by Crippen LogP contribution is -2.52. The maximum atomic E-state index is 14.1. The van der Waals surface area contributed by atoms with Crippen molar-refractivity contribution in [1.82, 2.24) is 14.8 Å². The number of ether oxygens (including phenoxy) is 1. The zero-order valence-corrected chi connectivity index (χ0v) is 21.0. The number of hydrogen-bond donors (Lipinski definition) is 1. The lowest BCUT2D eigenvalue weighted by atomic mass is 10.0. The van der Waals surface area contributed by atoms with Crippen molar-refractivity contribution in [3.63, 3.8) is 0 Å². The zero-order chi connectivity index (χ0) is 23.8. The SMILES string of the molecule is COCCCCn1c(C(=O)N(C(C)C)[C@@H]2CCCNC2)c(Cl)c2cccc(CCCC#N)c21. The Balaban J connectivity index is 2.07. The summed E-state index contributed by atoms with van der Waals surface area (Å²) in [6, 6.07) is 8.59. The van der Waals surface area contributed by atoms with Crippen molar-refractivity contribution in [3.8, 4) is 6.07 Å². The minimum Gasteiger partial charge on any atom is -0.385 e. The average Bonchev–Trinajstić information content (AvgIpc) is 3.10. The number of halogens is 1. The van der Waals surface area contributed by atoms with Gasteiger partial charge in [-0.3, -0.25) is 4.79 Å². The van der Waals surface area contributed by atoms with Crippen molar-refractivity contribution < 1.29 is 9.53 Å². The summed E-state index contributed by atoms with van der Waals surface area (Å²) >= 11 is 6.96. The second kappa shape index (κ2) is 12.4. The number of aromatic nitrogens is 1. The van der Waals surface area contributed by atoms with Gasteiger partial charge in [0.1, 0.15) is 5.69 Å². The van der Waals surface area contributed by atoms with Crippen LogP contribution >= 0.6 is 11.6 Å². The molecule has 0 radical (unpaired) electrons. The van der Waals surface area contributed by atoms with E-state index in [0.717, 1.165) is 68.1 Å². The summed E-state index contributed by atoms with van der Waals surface area (Å²) in [6.45, 7) is 7.38. The van der Waals surface area contributed by atoms with E-state index in [0.29, 0.717) is 30.3 Å². The maximum Gasteiger partial charge on any atom is 0.272 e. The normalized spacial score (nSPS) is 16.3. The molecule has 2 aromatic rings. The van der Waals surface area contributed by atoms with Gasteiger partial charge in [0.2, 0.25) is 0 Å². The van der Waals surface area contributed by atoms with Crippen molar-refractivity contribution in [3.05, 3.63) is 34.5 Å². The van der Waals surface area contributed by atoms with Crippen LogP contribution in [0.4, 0.5) is 0 Å². The van der Waals surface area contributed by atoms with Crippen LogP contribution in [0.1, 0.15) is 68.4 Å². The van der Waals surface area contributed by atoms with E-state index in [9.17, 15) is 4.79 Å². The van der Waals surface area contributed by atoms with Gasteiger partial charge in [0.05, 0.1) is 16.6 Å². The summed E-state index contributed by atoms with van der Waals surface area (Å²) in [5.74, 6) is 0.00890. The number of rotatable bonds is 11. The molecule has 0 saturated carbocycles. The maximum absolute atomic E-state index is 14.1. The fraction of sp³-hybridized carbons (Fsp3) is 0.615. The van der Waals surface area contributed by atoms with E-state index in [1.165, 1.54) is 0 Å². The van der Waals surface area contributed by atoms with E-state index in [2.05, 4.69) is 35.9 Å². The molecule has 1 aromatic heterocycles. The number of para-hydroxylation sites is 1. The Labute approximate surface area is 202 Å². The smallest absolute Gasteiger partial charge is 0.272 e. The minimum absolute atomic E-state index is 0.00890. The predicted molar refractivity (Wildman–Crippen MR) is 134 cm³/mol. The van der Waals surface area contributed by atoms with Gasteiger partial charge in [-0.1, -0.05) is 29.8 Å². The van der Waals surface area contributed by atoms with E-state index >= 15 is 0 Å². The second-order valence-electron chi connectivity index (χ2n) is 9.15. The number of benzene rings is 1. The Kier molecular flexibility index (Phi) is 9.61. The highest BCUT2D eigenvalue weighted by Crippen LogP contribution is 2.35. The van der Waals surface area contributed by atoms with E-state index < -0.39 is 0 Å². The number of amides is 1. The summed E-state index contributed by atoms with van der Waals surface area (Å²) in [7, 11) is 1.71. The predicted octanol–water partition coefficient (Wildman–Crippen LogP) is 5.17. The van der Waals surface area contributed by atoms with Crippen molar-refractivity contribution in [2.45, 2.75) is 77.4 Å². The van der Waals surface area contributed by atoms with Crippen LogP contribution in [0.15, 0.2) is 18.2 Å². The Morgan fingerprint density at radius 2 is 2.18 bits per heavy atom. The zero-order valence-electron chi connectivity index (χ0n) is 20.2. The van der Waals surface area contributed by atoms with E-state index in [1.807, 2.05) is 17.0 Å². The molecule has 1 amide bonds. The molecule has 1 aliphatic rings. The summed E-state index contributed by atoms with van der Waals surface area (Å²) in [5, 5.41) is 13.9. The number of unbranched alkanes of at least 4 members (excludes halogenated alkanes) is 2. The quantitative estimate of drug-likeness (QED) is 0.458. The first kappa shape index (κ1) is 25.6. The van der Waals surface area contributed by atoms with E-state index in [4.69, 9.17) is 21.6 Å². The van der Waals surface area contributed by atoms with Gasteiger partial charge in [-0.2, -0.15) is 5.26 Å². The first-order valence-corrected chi connectivity index (χ1v) is 12.6. The van der Waals surface area contributed by atoms with Crippen LogP contribution in [0.3, 0.4) is 0 Å². The first-order valence-electron chi connectivity index (χ1n) is 12.2. The molecule has 3 rings (SSSR count). The van der Waals surface area contributed by atoms with Gasteiger partial charge in [0.15, 0.2) is 0 Å². The molecule has 7 heteroatoms. The molecule has 0 aliphatic carbocycles. The van der Waals surface area contributed by atoms with Gasteiger partial charge in [-0.15, -0.1) is 0 Å². The van der Waals surface area contributed by atoms with Crippen molar-refractivity contribution in [2.75, 3.05) is 26.8 Å². The van der Waals surface area contributed by atoms with Gasteiger partial charge in [0, 0.05) is 50.7 Å². The molecule has 6 nitrogen and oxygen atoms in total. The number of hydrogen-bond acceptors (Lipinski definition) is 4. The Bertz CT molecular complexity index is 973. The molecular weight excluding hydrogens is 436 g/mol. The number of piperidine rings is 1. The van der Waals surface area contributed by atoms with Crippen molar-refractivity contribution in [1.29, 1.82) is 5.26 Å². The molecule has 0 unspecified atom stereocenters. The highest BCUT2D eigenvalue weighted by Gasteiger charge is 2.33. The standard InChI is InChI=1S/C26H37ClN4O2/c1-19(2)31(21-12-9-15-29-18-21)26(32)25-23(27)22-13-8-11-20(10-4-5-14-28)24(22)30(25)16-6-7-17-33-3/h8,11,13,19,21,29H,4-7,9-10,12,15-18H2,1-3H3/t21-/m1/s1. The lowest BCUT2D eigenvalue weighted by molar-refractivity contribution is 0.0562. The largest absolute Gasteiger partial charge is 0.385 e. The van der Waals surface area contributed by atoms with Gasteiger partial charge in [-0.05, 0) is 64.5 Å². The molecule has 0 spiro atoms. The molecule has 0 bridgehead atoms. The molecule has 1 aromatic carbocycles. The Morgan fingerprint density at radius 1 is 1.36 bits per heavy atom. The molecule has 33 heavy (non-hydrogen) atoms. The second-order valence-corrected chi connectivity index (χ2v) is 9.52. The van der Waals surface area contributed by atoms with Gasteiger partial charge < -0.3 is 19.5 Å². The monoisotopic (exact) mass is 472 g/mol. The third-order valence-electron chi connectivity index (χ3n) is 6.48. The lowest BCUT2D eigenvalue weighted by Gasteiger charge is -2.38. The van der Waals surface area contributed by atoms with Crippen LogP contribution in [0.25, 0.3) is 10.9 Å². The molecule has 1 fully saturated rings. The highest BCUT2D eigenvalue weighted by molar-refractivity contribution is 6.39. The number of methoxy groups -OCH3 is 1. The minimum atomic E-state index is 0.00890. The fourth-order valence-electron chi connectivity index (χ4n) is 4.97. The number of nitrogens with one attached hydrogen (secondary N) is 1. The van der Waals surface area contributed by atoms with Gasteiger partial charge in [0.25, 0.3) is 5.91 Å². The molecule has 1 aliphatic heterocycles. The molecule has 180 valence electrons. The van der Waals surface area contributed by atoms with Crippen LogP contribution < -0.4 is 5.32 Å².